The summed E-state index contributed by atoms with van der Waals surface area (Å²) < 4.78 is 23.9. The molecule has 0 aromatic heterocycles. The maximum absolute atomic E-state index is 13.4. The molecule has 0 amide bonds. The number of hydrogen-bond acceptors (Lipinski definition) is 3. The molecule has 1 N–H and O–H groups in total. The molecule has 0 saturated carbocycles. The summed E-state index contributed by atoms with van der Waals surface area (Å²) in [6, 6.07) is 4.76. The van der Waals surface area contributed by atoms with Crippen LogP contribution in [0.25, 0.3) is 0 Å². The van der Waals surface area contributed by atoms with Gasteiger partial charge in [-0.3, -0.25) is 0 Å². The first-order valence-corrected chi connectivity index (χ1v) is 6.78. The largest absolute Gasteiger partial charge is 0.496 e. The Bertz CT molecular complexity index is 371. The van der Waals surface area contributed by atoms with Crippen LogP contribution in [0.4, 0.5) is 4.39 Å². The molecule has 0 fully saturated rings. The van der Waals surface area contributed by atoms with Crippen molar-refractivity contribution in [1.82, 2.24) is 5.32 Å². The Balaban J connectivity index is 2.84. The molecule has 19 heavy (non-hydrogen) atoms. The van der Waals surface area contributed by atoms with E-state index >= 15 is 0 Å². The number of methoxy groups -OCH3 is 2. The van der Waals surface area contributed by atoms with Crippen LogP contribution < -0.4 is 10.1 Å². The molecule has 0 heterocycles. The van der Waals surface area contributed by atoms with Gasteiger partial charge in [0, 0.05) is 25.3 Å². The highest BCUT2D eigenvalue weighted by molar-refractivity contribution is 5.36. The Morgan fingerprint density at radius 2 is 2.11 bits per heavy atom. The highest BCUT2D eigenvalue weighted by atomic mass is 19.1. The minimum absolute atomic E-state index is 0.0979. The maximum Gasteiger partial charge on any atom is 0.123 e. The van der Waals surface area contributed by atoms with Crippen LogP contribution in [0.1, 0.15) is 37.8 Å². The standard InChI is InChI=1S/C15H24FNO2/c1-4-9-17-14(6-5-10-18-2)13-11-12(16)7-8-15(13)19-3/h7-8,11,14,17H,4-6,9-10H2,1-3H3. The second kappa shape index (κ2) is 8.88. The van der Waals surface area contributed by atoms with Crippen molar-refractivity contribution >= 4 is 0 Å². The Morgan fingerprint density at radius 1 is 1.32 bits per heavy atom. The number of hydrogen-bond donors (Lipinski definition) is 1. The topological polar surface area (TPSA) is 30.5 Å². The molecule has 4 heteroatoms. The van der Waals surface area contributed by atoms with E-state index in [0.29, 0.717) is 6.61 Å². The van der Waals surface area contributed by atoms with Crippen molar-refractivity contribution in [1.29, 1.82) is 0 Å². The molecule has 1 atom stereocenters. The first-order chi connectivity index (χ1) is 9.22. The smallest absolute Gasteiger partial charge is 0.123 e. The van der Waals surface area contributed by atoms with Crippen molar-refractivity contribution < 1.29 is 13.9 Å². The van der Waals surface area contributed by atoms with Gasteiger partial charge in [0.05, 0.1) is 7.11 Å². The van der Waals surface area contributed by atoms with Gasteiger partial charge in [-0.15, -0.1) is 0 Å². The minimum atomic E-state index is -0.231. The van der Waals surface area contributed by atoms with Crippen molar-refractivity contribution in [2.75, 3.05) is 27.4 Å². The van der Waals surface area contributed by atoms with Crippen LogP contribution in [0.5, 0.6) is 5.75 Å². The number of nitrogens with one attached hydrogen (secondary N) is 1. The normalized spacial score (nSPS) is 12.4. The zero-order valence-electron chi connectivity index (χ0n) is 12.0. The SMILES string of the molecule is CCCNC(CCCOC)c1cc(F)ccc1OC. The molecule has 0 bridgehead atoms. The van der Waals surface area contributed by atoms with Crippen molar-refractivity contribution in [2.45, 2.75) is 32.2 Å². The van der Waals surface area contributed by atoms with E-state index in [0.717, 1.165) is 37.1 Å². The molecule has 0 aliphatic heterocycles. The molecule has 0 spiro atoms. The van der Waals surface area contributed by atoms with Crippen LogP contribution in [-0.2, 0) is 4.74 Å². The number of benzene rings is 1. The molecule has 0 aliphatic carbocycles. The molecule has 0 aliphatic rings. The molecule has 1 aromatic rings. The first-order valence-electron chi connectivity index (χ1n) is 6.78. The highest BCUT2D eigenvalue weighted by Gasteiger charge is 2.16. The summed E-state index contributed by atoms with van der Waals surface area (Å²) in [5, 5.41) is 3.44. The van der Waals surface area contributed by atoms with Gasteiger partial charge in [-0.2, -0.15) is 0 Å². The quantitative estimate of drug-likeness (QED) is 0.698. The van der Waals surface area contributed by atoms with Gasteiger partial charge in [0.25, 0.3) is 0 Å². The maximum atomic E-state index is 13.4. The third-order valence-electron chi connectivity index (χ3n) is 3.05. The van der Waals surface area contributed by atoms with Crippen LogP contribution in [0.15, 0.2) is 18.2 Å². The highest BCUT2D eigenvalue weighted by Crippen LogP contribution is 2.29. The fourth-order valence-corrected chi connectivity index (χ4v) is 2.10. The average Bonchev–Trinajstić information content (AvgIpc) is 2.42. The lowest BCUT2D eigenvalue weighted by Crippen LogP contribution is -2.23. The molecular formula is C15H24FNO2. The molecule has 108 valence electrons. The Hall–Kier alpha value is -1.13. The summed E-state index contributed by atoms with van der Waals surface area (Å²) in [5.41, 5.74) is 0.882. The molecule has 1 unspecified atom stereocenters. The van der Waals surface area contributed by atoms with Crippen LogP contribution >= 0.6 is 0 Å². The van der Waals surface area contributed by atoms with Crippen LogP contribution in [0, 0.1) is 5.82 Å². The Labute approximate surface area is 115 Å². The Kier molecular flexibility index (Phi) is 7.45. The second-order valence-electron chi connectivity index (χ2n) is 4.53. The van der Waals surface area contributed by atoms with Crippen molar-refractivity contribution in [2.24, 2.45) is 0 Å². The van der Waals surface area contributed by atoms with Gasteiger partial charge in [0.15, 0.2) is 0 Å². The van der Waals surface area contributed by atoms with Gasteiger partial charge >= 0.3 is 0 Å². The van der Waals surface area contributed by atoms with Crippen molar-refractivity contribution in [3.8, 4) is 5.75 Å². The summed E-state index contributed by atoms with van der Waals surface area (Å²) in [4.78, 5) is 0. The van der Waals surface area contributed by atoms with E-state index in [-0.39, 0.29) is 11.9 Å². The van der Waals surface area contributed by atoms with Crippen LogP contribution in [0.2, 0.25) is 0 Å². The summed E-state index contributed by atoms with van der Waals surface area (Å²) in [6.07, 6.45) is 2.86. The molecular weight excluding hydrogens is 245 g/mol. The summed E-state index contributed by atoms with van der Waals surface area (Å²) in [6.45, 7) is 3.72. The molecule has 0 saturated heterocycles. The van der Waals surface area contributed by atoms with Crippen LogP contribution in [-0.4, -0.2) is 27.4 Å². The van der Waals surface area contributed by atoms with Gasteiger partial charge in [-0.05, 0) is 44.0 Å². The van der Waals surface area contributed by atoms with Gasteiger partial charge < -0.3 is 14.8 Å². The number of ether oxygens (including phenoxy) is 2. The fraction of sp³-hybridized carbons (Fsp3) is 0.600. The zero-order valence-corrected chi connectivity index (χ0v) is 12.0. The third-order valence-corrected chi connectivity index (χ3v) is 3.05. The zero-order chi connectivity index (χ0) is 14.1. The second-order valence-corrected chi connectivity index (χ2v) is 4.53. The number of halogens is 1. The predicted molar refractivity (Wildman–Crippen MR) is 75.1 cm³/mol. The summed E-state index contributed by atoms with van der Waals surface area (Å²) in [7, 11) is 3.31. The summed E-state index contributed by atoms with van der Waals surface area (Å²) >= 11 is 0. The molecule has 0 radical (unpaired) electrons. The lowest BCUT2D eigenvalue weighted by molar-refractivity contribution is 0.188. The summed E-state index contributed by atoms with van der Waals surface area (Å²) in [5.74, 6) is 0.498. The van der Waals surface area contributed by atoms with Crippen molar-refractivity contribution in [3.05, 3.63) is 29.6 Å². The third kappa shape index (κ3) is 5.17. The fourth-order valence-electron chi connectivity index (χ4n) is 2.10. The van der Waals surface area contributed by atoms with E-state index in [1.807, 2.05) is 0 Å². The van der Waals surface area contributed by atoms with Crippen molar-refractivity contribution in [3.63, 3.8) is 0 Å². The first kappa shape index (κ1) is 15.9. The average molecular weight is 269 g/mol. The van der Waals surface area contributed by atoms with Crippen LogP contribution in [0.3, 0.4) is 0 Å². The lowest BCUT2D eigenvalue weighted by Gasteiger charge is -2.21. The molecule has 3 nitrogen and oxygen atoms in total. The minimum Gasteiger partial charge on any atom is -0.496 e. The van der Waals surface area contributed by atoms with Gasteiger partial charge in [-0.1, -0.05) is 6.92 Å². The van der Waals surface area contributed by atoms with E-state index in [2.05, 4.69) is 12.2 Å². The number of rotatable bonds is 9. The van der Waals surface area contributed by atoms with E-state index in [9.17, 15) is 4.39 Å². The van der Waals surface area contributed by atoms with E-state index in [1.54, 1.807) is 26.4 Å². The van der Waals surface area contributed by atoms with Gasteiger partial charge in [-0.25, -0.2) is 4.39 Å². The van der Waals surface area contributed by atoms with Gasteiger partial charge in [0.2, 0.25) is 0 Å². The van der Waals surface area contributed by atoms with Gasteiger partial charge in [0.1, 0.15) is 11.6 Å². The van der Waals surface area contributed by atoms with E-state index < -0.39 is 0 Å². The monoisotopic (exact) mass is 269 g/mol. The predicted octanol–water partition coefficient (Wildman–Crippen LogP) is 3.30. The van der Waals surface area contributed by atoms with E-state index in [4.69, 9.17) is 9.47 Å². The lowest BCUT2D eigenvalue weighted by atomic mass is 10.0. The molecule has 1 rings (SSSR count). The van der Waals surface area contributed by atoms with E-state index in [1.165, 1.54) is 6.07 Å². The Morgan fingerprint density at radius 3 is 2.74 bits per heavy atom. The molecule has 1 aromatic carbocycles.